The molecular weight excluding hydrogens is 182 g/mol. The molecule has 0 aromatic heterocycles. The molecular formula is C10H19NO3. The Morgan fingerprint density at radius 3 is 2.29 bits per heavy atom. The van der Waals surface area contributed by atoms with Gasteiger partial charge in [-0.2, -0.15) is 0 Å². The Morgan fingerprint density at radius 1 is 1.50 bits per heavy atom. The van der Waals surface area contributed by atoms with Gasteiger partial charge in [0.2, 0.25) is 0 Å². The normalized spacial score (nSPS) is 21.2. The predicted octanol–water partition coefficient (Wildman–Crippen LogP) is 1.42. The number of aliphatic hydroxyl groups excluding tert-OH is 1. The summed E-state index contributed by atoms with van der Waals surface area (Å²) in [4.78, 5) is 11.4. The van der Waals surface area contributed by atoms with Gasteiger partial charge in [-0.15, -0.1) is 0 Å². The molecule has 1 aliphatic carbocycles. The number of rotatable bonds is 2. The van der Waals surface area contributed by atoms with Crippen LogP contribution in [-0.4, -0.2) is 28.4 Å². The first-order valence-electron chi connectivity index (χ1n) is 4.94. The maximum Gasteiger partial charge on any atom is 0.408 e. The lowest BCUT2D eigenvalue weighted by atomic mass is 10.1. The minimum atomic E-state index is -0.519. The van der Waals surface area contributed by atoms with E-state index in [0.717, 1.165) is 12.8 Å². The number of carbonyl (C=O) groups excluding carboxylic acids is 1. The van der Waals surface area contributed by atoms with E-state index in [0.29, 0.717) is 0 Å². The highest BCUT2D eigenvalue weighted by Gasteiger charge is 2.49. The number of alkyl carbamates (subject to hydrolysis) is 1. The molecule has 0 bridgehead atoms. The third-order valence-corrected chi connectivity index (χ3v) is 2.34. The molecule has 2 N–H and O–H groups in total. The van der Waals surface area contributed by atoms with Crippen molar-refractivity contribution in [1.82, 2.24) is 5.32 Å². The molecule has 1 fully saturated rings. The van der Waals surface area contributed by atoms with E-state index in [1.807, 2.05) is 20.8 Å². The molecule has 4 nitrogen and oxygen atoms in total. The molecule has 0 aromatic rings. The van der Waals surface area contributed by atoms with E-state index >= 15 is 0 Å². The number of hydrogen-bond donors (Lipinski definition) is 2. The average molecular weight is 201 g/mol. The van der Waals surface area contributed by atoms with Crippen LogP contribution in [0.15, 0.2) is 0 Å². The summed E-state index contributed by atoms with van der Waals surface area (Å²) in [6.45, 7) is 7.13. The highest BCUT2D eigenvalue weighted by molar-refractivity contribution is 5.69. The fourth-order valence-corrected chi connectivity index (χ4v) is 1.29. The van der Waals surface area contributed by atoms with Gasteiger partial charge in [0.25, 0.3) is 0 Å². The van der Waals surface area contributed by atoms with E-state index in [-0.39, 0.29) is 0 Å². The van der Waals surface area contributed by atoms with Gasteiger partial charge in [0, 0.05) is 0 Å². The van der Waals surface area contributed by atoms with E-state index in [1.165, 1.54) is 0 Å². The van der Waals surface area contributed by atoms with Gasteiger partial charge in [-0.25, -0.2) is 4.79 Å². The van der Waals surface area contributed by atoms with Crippen LogP contribution >= 0.6 is 0 Å². The highest BCUT2D eigenvalue weighted by Crippen LogP contribution is 2.38. The summed E-state index contributed by atoms with van der Waals surface area (Å²) in [5.41, 5.74) is -0.915. The number of hydrogen-bond acceptors (Lipinski definition) is 3. The zero-order valence-corrected chi connectivity index (χ0v) is 9.26. The summed E-state index contributed by atoms with van der Waals surface area (Å²) >= 11 is 0. The summed E-state index contributed by atoms with van der Waals surface area (Å²) in [7, 11) is 0. The van der Waals surface area contributed by atoms with Crippen LogP contribution < -0.4 is 5.32 Å². The first-order valence-corrected chi connectivity index (χ1v) is 4.94. The summed E-state index contributed by atoms with van der Waals surface area (Å²) in [5, 5.41) is 12.1. The molecule has 82 valence electrons. The number of aliphatic hydroxyl groups is 1. The topological polar surface area (TPSA) is 58.6 Å². The highest BCUT2D eigenvalue weighted by atomic mass is 16.6. The van der Waals surface area contributed by atoms with E-state index in [1.54, 1.807) is 6.92 Å². The van der Waals surface area contributed by atoms with Crippen molar-refractivity contribution in [1.29, 1.82) is 0 Å². The lowest BCUT2D eigenvalue weighted by Gasteiger charge is -2.24. The lowest BCUT2D eigenvalue weighted by molar-refractivity contribution is 0.0414. The molecule has 0 heterocycles. The summed E-state index contributed by atoms with van der Waals surface area (Å²) in [5.74, 6) is 0. The van der Waals surface area contributed by atoms with E-state index in [9.17, 15) is 9.90 Å². The van der Waals surface area contributed by atoms with Crippen LogP contribution in [0.5, 0.6) is 0 Å². The predicted molar refractivity (Wildman–Crippen MR) is 53.0 cm³/mol. The Morgan fingerprint density at radius 2 is 2.00 bits per heavy atom. The molecule has 1 rings (SSSR count). The summed E-state index contributed by atoms with van der Waals surface area (Å²) < 4.78 is 5.10. The molecule has 0 radical (unpaired) electrons. The van der Waals surface area contributed by atoms with Gasteiger partial charge in [0.15, 0.2) is 0 Å². The molecule has 14 heavy (non-hydrogen) atoms. The quantitative estimate of drug-likeness (QED) is 0.710. The zero-order chi connectivity index (χ0) is 11.0. The largest absolute Gasteiger partial charge is 0.444 e. The monoisotopic (exact) mass is 201 g/mol. The van der Waals surface area contributed by atoms with Crippen LogP contribution in [0.25, 0.3) is 0 Å². The second kappa shape index (κ2) is 3.42. The van der Waals surface area contributed by atoms with Crippen LogP contribution in [0.1, 0.15) is 40.5 Å². The Bertz CT molecular complexity index is 226. The van der Waals surface area contributed by atoms with Crippen LogP contribution in [0.3, 0.4) is 0 Å². The minimum absolute atomic E-state index is 0.428. The molecule has 1 unspecified atom stereocenters. The van der Waals surface area contributed by atoms with Crippen molar-refractivity contribution in [3.8, 4) is 0 Å². The molecule has 1 atom stereocenters. The molecule has 0 aliphatic heterocycles. The third-order valence-electron chi connectivity index (χ3n) is 2.34. The van der Waals surface area contributed by atoms with E-state index < -0.39 is 23.3 Å². The smallest absolute Gasteiger partial charge is 0.408 e. The maximum absolute atomic E-state index is 11.4. The van der Waals surface area contributed by atoms with Crippen molar-refractivity contribution in [3.63, 3.8) is 0 Å². The SMILES string of the molecule is CC(O)C1(NC(=O)OC(C)(C)C)CC1. The molecule has 1 saturated carbocycles. The van der Waals surface area contributed by atoms with Crippen LogP contribution in [-0.2, 0) is 4.74 Å². The molecule has 4 heteroatoms. The standard InChI is InChI=1S/C10H19NO3/c1-7(12)10(5-6-10)11-8(13)14-9(2,3)4/h7,12H,5-6H2,1-4H3,(H,11,13). The second-order valence-corrected chi connectivity index (χ2v) is 4.96. The van der Waals surface area contributed by atoms with E-state index in [2.05, 4.69) is 5.32 Å². The molecule has 1 aliphatic rings. The summed E-state index contributed by atoms with van der Waals surface area (Å²) in [6.07, 6.45) is 0.680. The first-order chi connectivity index (χ1) is 6.25. The van der Waals surface area contributed by atoms with E-state index in [4.69, 9.17) is 4.74 Å². The van der Waals surface area contributed by atoms with Crippen molar-refractivity contribution in [2.75, 3.05) is 0 Å². The first kappa shape index (κ1) is 11.3. The average Bonchev–Trinajstić information content (AvgIpc) is 2.63. The van der Waals surface area contributed by atoms with Gasteiger partial charge in [0.1, 0.15) is 5.60 Å². The fourth-order valence-electron chi connectivity index (χ4n) is 1.29. The second-order valence-electron chi connectivity index (χ2n) is 4.96. The summed E-state index contributed by atoms with van der Waals surface area (Å²) in [6, 6.07) is 0. The van der Waals surface area contributed by atoms with Gasteiger partial charge in [-0.1, -0.05) is 0 Å². The Hall–Kier alpha value is -0.770. The molecule has 0 aromatic carbocycles. The van der Waals surface area contributed by atoms with Crippen molar-refractivity contribution in [2.24, 2.45) is 0 Å². The number of carbonyl (C=O) groups is 1. The molecule has 0 spiro atoms. The van der Waals surface area contributed by atoms with Crippen LogP contribution in [0.4, 0.5) is 4.79 Å². The minimum Gasteiger partial charge on any atom is -0.444 e. The van der Waals surface area contributed by atoms with Crippen LogP contribution in [0, 0.1) is 0 Å². The van der Waals surface area contributed by atoms with Crippen LogP contribution in [0.2, 0.25) is 0 Å². The Balaban J connectivity index is 2.42. The fraction of sp³-hybridized carbons (Fsp3) is 0.900. The van der Waals surface area contributed by atoms with Gasteiger partial charge in [-0.05, 0) is 40.5 Å². The molecule has 1 amide bonds. The number of ether oxygens (including phenoxy) is 1. The zero-order valence-electron chi connectivity index (χ0n) is 9.26. The van der Waals surface area contributed by atoms with Crippen molar-refractivity contribution >= 4 is 6.09 Å². The van der Waals surface area contributed by atoms with Gasteiger partial charge >= 0.3 is 6.09 Å². The molecule has 0 saturated heterocycles. The van der Waals surface area contributed by atoms with Crippen molar-refractivity contribution in [3.05, 3.63) is 0 Å². The van der Waals surface area contributed by atoms with Crippen molar-refractivity contribution < 1.29 is 14.6 Å². The lowest BCUT2D eigenvalue weighted by Crippen LogP contribution is -2.46. The third kappa shape index (κ3) is 2.87. The van der Waals surface area contributed by atoms with Gasteiger partial charge in [0.05, 0.1) is 11.6 Å². The Kier molecular flexibility index (Phi) is 2.76. The van der Waals surface area contributed by atoms with Gasteiger partial charge < -0.3 is 15.2 Å². The van der Waals surface area contributed by atoms with Gasteiger partial charge in [-0.3, -0.25) is 0 Å². The Labute approximate surface area is 84.6 Å². The van der Waals surface area contributed by atoms with Crippen molar-refractivity contribution in [2.45, 2.75) is 57.8 Å². The number of amides is 1. The number of nitrogens with one attached hydrogen (secondary N) is 1. The maximum atomic E-state index is 11.4.